The first-order chi connectivity index (χ1) is 6.36. The SMILES string of the molecule is COc1cncc(SNCCO)c1. The van der Waals surface area contributed by atoms with Crippen molar-refractivity contribution in [3.8, 4) is 5.75 Å². The summed E-state index contributed by atoms with van der Waals surface area (Å²) in [5, 5.41) is 8.53. The Labute approximate surface area is 81.5 Å². The Balaban J connectivity index is 2.46. The van der Waals surface area contributed by atoms with Crippen molar-refractivity contribution in [2.24, 2.45) is 0 Å². The molecule has 2 N–H and O–H groups in total. The molecule has 5 heteroatoms. The van der Waals surface area contributed by atoms with Crippen LogP contribution >= 0.6 is 11.9 Å². The molecular formula is C8H12N2O2S. The summed E-state index contributed by atoms with van der Waals surface area (Å²) in [4.78, 5) is 4.95. The van der Waals surface area contributed by atoms with Crippen LogP contribution in [0.15, 0.2) is 23.4 Å². The van der Waals surface area contributed by atoms with Crippen LogP contribution < -0.4 is 9.46 Å². The number of aromatic nitrogens is 1. The van der Waals surface area contributed by atoms with Crippen LogP contribution in [0.3, 0.4) is 0 Å². The summed E-state index contributed by atoms with van der Waals surface area (Å²) in [7, 11) is 1.60. The van der Waals surface area contributed by atoms with E-state index < -0.39 is 0 Å². The molecule has 0 saturated carbocycles. The van der Waals surface area contributed by atoms with Crippen molar-refractivity contribution in [3.05, 3.63) is 18.5 Å². The van der Waals surface area contributed by atoms with Crippen molar-refractivity contribution in [2.45, 2.75) is 4.90 Å². The number of hydrogen-bond donors (Lipinski definition) is 2. The van der Waals surface area contributed by atoms with Gasteiger partial charge in [0.05, 0.1) is 19.9 Å². The number of pyridine rings is 1. The van der Waals surface area contributed by atoms with Crippen molar-refractivity contribution >= 4 is 11.9 Å². The van der Waals surface area contributed by atoms with Crippen LogP contribution in [0.4, 0.5) is 0 Å². The molecule has 0 fully saturated rings. The summed E-state index contributed by atoms with van der Waals surface area (Å²) < 4.78 is 7.98. The minimum absolute atomic E-state index is 0.129. The summed E-state index contributed by atoms with van der Waals surface area (Å²) in [6.45, 7) is 0.687. The minimum atomic E-state index is 0.129. The maximum absolute atomic E-state index is 8.53. The van der Waals surface area contributed by atoms with Gasteiger partial charge in [-0.3, -0.25) is 9.71 Å². The van der Waals surface area contributed by atoms with Gasteiger partial charge in [-0.15, -0.1) is 0 Å². The number of aliphatic hydroxyl groups is 1. The molecule has 0 bridgehead atoms. The van der Waals surface area contributed by atoms with Gasteiger partial charge in [0.1, 0.15) is 5.75 Å². The predicted molar refractivity (Wildman–Crippen MR) is 51.7 cm³/mol. The number of ether oxygens (including phenoxy) is 1. The quantitative estimate of drug-likeness (QED) is 0.540. The van der Waals surface area contributed by atoms with E-state index >= 15 is 0 Å². The second kappa shape index (κ2) is 5.80. The third kappa shape index (κ3) is 3.63. The molecule has 0 aromatic carbocycles. The average molecular weight is 200 g/mol. The van der Waals surface area contributed by atoms with Gasteiger partial charge in [-0.2, -0.15) is 0 Å². The van der Waals surface area contributed by atoms with E-state index in [-0.39, 0.29) is 6.61 Å². The van der Waals surface area contributed by atoms with Gasteiger partial charge in [0.2, 0.25) is 0 Å². The number of methoxy groups -OCH3 is 1. The number of aliphatic hydroxyl groups excluding tert-OH is 1. The molecule has 0 aliphatic rings. The van der Waals surface area contributed by atoms with Crippen LogP contribution in [0, 0.1) is 0 Å². The smallest absolute Gasteiger partial charge is 0.138 e. The largest absolute Gasteiger partial charge is 0.495 e. The maximum atomic E-state index is 8.53. The lowest BCUT2D eigenvalue weighted by Gasteiger charge is -2.03. The van der Waals surface area contributed by atoms with Crippen LogP contribution in [0.25, 0.3) is 0 Å². The molecule has 0 spiro atoms. The third-order valence-electron chi connectivity index (χ3n) is 1.33. The van der Waals surface area contributed by atoms with Gasteiger partial charge in [-0.1, -0.05) is 0 Å². The predicted octanol–water partition coefficient (Wildman–Crippen LogP) is 0.679. The average Bonchev–Trinajstić information content (AvgIpc) is 2.19. The highest BCUT2D eigenvalue weighted by Gasteiger charge is 1.96. The third-order valence-corrected chi connectivity index (χ3v) is 2.14. The maximum Gasteiger partial charge on any atom is 0.138 e. The molecule has 0 amide bonds. The van der Waals surface area contributed by atoms with Crippen LogP contribution in [0.2, 0.25) is 0 Å². The van der Waals surface area contributed by atoms with Gasteiger partial charge < -0.3 is 9.84 Å². The van der Waals surface area contributed by atoms with E-state index in [0.29, 0.717) is 6.54 Å². The highest BCUT2D eigenvalue weighted by Crippen LogP contribution is 2.18. The van der Waals surface area contributed by atoms with Crippen molar-refractivity contribution in [1.29, 1.82) is 0 Å². The van der Waals surface area contributed by atoms with E-state index in [1.807, 2.05) is 6.07 Å². The lowest BCUT2D eigenvalue weighted by atomic mass is 10.5. The zero-order chi connectivity index (χ0) is 9.52. The minimum Gasteiger partial charge on any atom is -0.495 e. The van der Waals surface area contributed by atoms with Crippen molar-refractivity contribution < 1.29 is 9.84 Å². The van der Waals surface area contributed by atoms with E-state index in [9.17, 15) is 0 Å². The summed E-state index contributed by atoms with van der Waals surface area (Å²) in [6, 6.07) is 1.88. The van der Waals surface area contributed by atoms with E-state index in [4.69, 9.17) is 9.84 Å². The molecule has 72 valence electrons. The van der Waals surface area contributed by atoms with Gasteiger partial charge in [0.25, 0.3) is 0 Å². The highest BCUT2D eigenvalue weighted by atomic mass is 32.2. The van der Waals surface area contributed by atoms with Crippen molar-refractivity contribution in [1.82, 2.24) is 9.71 Å². The molecule has 1 aromatic rings. The molecule has 0 atom stereocenters. The first kappa shape index (κ1) is 10.3. The second-order valence-electron chi connectivity index (χ2n) is 2.28. The van der Waals surface area contributed by atoms with Crippen LogP contribution in [0.1, 0.15) is 0 Å². The Morgan fingerprint density at radius 1 is 1.62 bits per heavy atom. The van der Waals surface area contributed by atoms with Crippen LogP contribution in [-0.4, -0.2) is 30.4 Å². The summed E-state index contributed by atoms with van der Waals surface area (Å²) in [5.74, 6) is 0.732. The number of nitrogens with zero attached hydrogens (tertiary/aromatic N) is 1. The first-order valence-electron chi connectivity index (χ1n) is 3.86. The number of rotatable bonds is 5. The Kier molecular flexibility index (Phi) is 4.59. The van der Waals surface area contributed by atoms with Gasteiger partial charge >= 0.3 is 0 Å². The number of nitrogens with one attached hydrogen (secondary N) is 1. The van der Waals surface area contributed by atoms with E-state index in [1.54, 1.807) is 19.5 Å². The van der Waals surface area contributed by atoms with Gasteiger partial charge in [-0.05, 0) is 18.0 Å². The van der Waals surface area contributed by atoms with Crippen molar-refractivity contribution in [2.75, 3.05) is 20.3 Å². The summed E-state index contributed by atoms with van der Waals surface area (Å²) in [5.41, 5.74) is 0. The zero-order valence-corrected chi connectivity index (χ0v) is 8.17. The lowest BCUT2D eigenvalue weighted by molar-refractivity contribution is 0.302. The fraction of sp³-hybridized carbons (Fsp3) is 0.375. The molecule has 0 unspecified atom stereocenters. The Bertz CT molecular complexity index is 258. The fourth-order valence-corrected chi connectivity index (χ4v) is 1.40. The molecular weight excluding hydrogens is 188 g/mol. The molecule has 0 saturated heterocycles. The molecule has 4 nitrogen and oxygen atoms in total. The highest BCUT2D eigenvalue weighted by molar-refractivity contribution is 7.97. The van der Waals surface area contributed by atoms with E-state index in [2.05, 4.69) is 9.71 Å². The molecule has 1 heterocycles. The van der Waals surface area contributed by atoms with E-state index in [0.717, 1.165) is 10.6 Å². The second-order valence-corrected chi connectivity index (χ2v) is 3.24. The van der Waals surface area contributed by atoms with Gasteiger partial charge in [-0.25, -0.2) is 0 Å². The molecule has 0 radical (unpaired) electrons. The van der Waals surface area contributed by atoms with Crippen LogP contribution in [0.5, 0.6) is 5.75 Å². The normalized spacial score (nSPS) is 10.0. The standard InChI is InChI=1S/C8H12N2O2S/c1-12-7-4-8(6-9-5-7)13-10-2-3-11/h4-6,10-11H,2-3H2,1H3. The molecule has 0 aliphatic carbocycles. The number of hydrogen-bond acceptors (Lipinski definition) is 5. The molecule has 13 heavy (non-hydrogen) atoms. The zero-order valence-electron chi connectivity index (χ0n) is 7.36. The molecule has 1 aromatic heterocycles. The monoisotopic (exact) mass is 200 g/mol. The van der Waals surface area contributed by atoms with E-state index in [1.165, 1.54) is 11.9 Å². The van der Waals surface area contributed by atoms with Gasteiger partial charge in [0.15, 0.2) is 0 Å². The lowest BCUT2D eigenvalue weighted by Crippen LogP contribution is -2.08. The Morgan fingerprint density at radius 2 is 2.46 bits per heavy atom. The summed E-state index contributed by atoms with van der Waals surface area (Å²) in [6.07, 6.45) is 3.38. The summed E-state index contributed by atoms with van der Waals surface area (Å²) >= 11 is 1.42. The topological polar surface area (TPSA) is 54.4 Å². The fourth-order valence-electron chi connectivity index (χ4n) is 0.746. The molecule has 0 aliphatic heterocycles. The van der Waals surface area contributed by atoms with Crippen molar-refractivity contribution in [3.63, 3.8) is 0 Å². The van der Waals surface area contributed by atoms with Crippen LogP contribution in [-0.2, 0) is 0 Å². The first-order valence-corrected chi connectivity index (χ1v) is 4.68. The van der Waals surface area contributed by atoms with Gasteiger partial charge in [0, 0.05) is 17.6 Å². The Morgan fingerprint density at radius 3 is 3.15 bits per heavy atom. The molecule has 1 rings (SSSR count). The Hall–Kier alpha value is -0.780.